The van der Waals surface area contributed by atoms with E-state index in [1.165, 1.54) is 11.3 Å². The first kappa shape index (κ1) is 14.2. The minimum absolute atomic E-state index is 0.757. The average molecular weight is 240 g/mol. The van der Waals surface area contributed by atoms with Crippen LogP contribution in [0.2, 0.25) is 0 Å². The van der Waals surface area contributed by atoms with Crippen molar-refractivity contribution < 1.29 is 4.74 Å². The lowest BCUT2D eigenvalue weighted by Gasteiger charge is -2.10. The van der Waals surface area contributed by atoms with Gasteiger partial charge in [0.1, 0.15) is 0 Å². The maximum absolute atomic E-state index is 5.49. The molecule has 0 aromatic carbocycles. The van der Waals surface area contributed by atoms with Gasteiger partial charge in [-0.1, -0.05) is 0 Å². The van der Waals surface area contributed by atoms with Gasteiger partial charge >= 0.3 is 0 Å². The number of aryl methyl sites for hydroxylation is 1. The van der Waals surface area contributed by atoms with Gasteiger partial charge in [-0.2, -0.15) is 5.10 Å². The van der Waals surface area contributed by atoms with Gasteiger partial charge in [0.15, 0.2) is 0 Å². The maximum atomic E-state index is 5.49. The zero-order chi connectivity index (χ0) is 12.7. The molecule has 0 radical (unpaired) electrons. The fraction of sp³-hybridized carbons (Fsp3) is 0.750. The Morgan fingerprint density at radius 3 is 2.76 bits per heavy atom. The molecule has 0 aliphatic rings. The fourth-order valence-electron chi connectivity index (χ4n) is 1.43. The van der Waals surface area contributed by atoms with Gasteiger partial charge in [0.2, 0.25) is 0 Å². The third-order valence-corrected chi connectivity index (χ3v) is 2.76. The highest BCUT2D eigenvalue weighted by Gasteiger charge is 2.02. The Bertz CT molecular complexity index is 322. The van der Waals surface area contributed by atoms with Gasteiger partial charge in [-0.25, -0.2) is 0 Å². The topological polar surface area (TPSA) is 42.3 Å². The molecule has 0 saturated heterocycles. The molecule has 1 aromatic heterocycles. The zero-order valence-corrected chi connectivity index (χ0v) is 11.4. The van der Waals surface area contributed by atoms with Gasteiger partial charge in [-0.3, -0.25) is 4.68 Å². The highest BCUT2D eigenvalue weighted by atomic mass is 16.5. The summed E-state index contributed by atoms with van der Waals surface area (Å²) in [7, 11) is 6.06. The number of nitrogens with zero attached hydrogens (tertiary/aromatic N) is 3. The Morgan fingerprint density at radius 1 is 1.41 bits per heavy atom. The second-order valence-electron chi connectivity index (χ2n) is 4.47. The average Bonchev–Trinajstić information content (AvgIpc) is 2.59. The molecule has 0 aliphatic heterocycles. The van der Waals surface area contributed by atoms with Crippen LogP contribution in [0, 0.1) is 6.92 Å². The number of ether oxygens (including phenoxy) is 1. The molecule has 1 N–H and O–H groups in total. The van der Waals surface area contributed by atoms with Crippen LogP contribution >= 0.6 is 0 Å². The molecule has 0 bridgehead atoms. The van der Waals surface area contributed by atoms with Crippen LogP contribution in [0.1, 0.15) is 11.3 Å². The summed E-state index contributed by atoms with van der Waals surface area (Å²) in [5, 5.41) is 7.56. The van der Waals surface area contributed by atoms with Crippen LogP contribution in [-0.4, -0.2) is 55.1 Å². The van der Waals surface area contributed by atoms with E-state index in [0.717, 1.165) is 32.8 Å². The first-order valence-corrected chi connectivity index (χ1v) is 6.02. The molecule has 0 spiro atoms. The molecule has 0 amide bonds. The summed E-state index contributed by atoms with van der Waals surface area (Å²) in [4.78, 5) is 2.12. The molecular formula is C12H24N4O. The summed E-state index contributed by atoms with van der Waals surface area (Å²) in [6.45, 7) is 6.34. The van der Waals surface area contributed by atoms with E-state index in [1.54, 1.807) is 0 Å². The van der Waals surface area contributed by atoms with Gasteiger partial charge in [0, 0.05) is 37.9 Å². The molecule has 1 rings (SSSR count). The Balaban J connectivity index is 2.03. The lowest BCUT2D eigenvalue weighted by Crippen LogP contribution is -2.23. The number of rotatable bonds is 8. The molecule has 0 fully saturated rings. The third-order valence-electron chi connectivity index (χ3n) is 2.76. The molecule has 0 atom stereocenters. The van der Waals surface area contributed by atoms with Crippen LogP contribution < -0.4 is 5.32 Å². The second kappa shape index (κ2) is 7.42. The van der Waals surface area contributed by atoms with Gasteiger partial charge in [0.25, 0.3) is 0 Å². The van der Waals surface area contributed by atoms with Crippen molar-refractivity contribution >= 4 is 0 Å². The smallest absolute Gasteiger partial charge is 0.0593 e. The van der Waals surface area contributed by atoms with Crippen molar-refractivity contribution in [1.29, 1.82) is 0 Å². The predicted molar refractivity (Wildman–Crippen MR) is 69.0 cm³/mol. The van der Waals surface area contributed by atoms with E-state index in [-0.39, 0.29) is 0 Å². The van der Waals surface area contributed by atoms with Gasteiger partial charge in [-0.15, -0.1) is 0 Å². The molecule has 1 aromatic rings. The summed E-state index contributed by atoms with van der Waals surface area (Å²) in [5.41, 5.74) is 2.46. The summed E-state index contributed by atoms with van der Waals surface area (Å²) in [5.74, 6) is 0. The van der Waals surface area contributed by atoms with Crippen molar-refractivity contribution in [3.63, 3.8) is 0 Å². The lowest BCUT2D eigenvalue weighted by atomic mass is 10.2. The highest BCUT2D eigenvalue weighted by Crippen LogP contribution is 2.04. The molecule has 5 nitrogen and oxygen atoms in total. The van der Waals surface area contributed by atoms with Crippen molar-refractivity contribution in [2.45, 2.75) is 13.5 Å². The van der Waals surface area contributed by atoms with E-state index in [2.05, 4.69) is 22.2 Å². The number of hydrogen-bond donors (Lipinski definition) is 1. The van der Waals surface area contributed by atoms with Crippen LogP contribution in [0.5, 0.6) is 0 Å². The van der Waals surface area contributed by atoms with Crippen LogP contribution in [0.4, 0.5) is 0 Å². The van der Waals surface area contributed by atoms with Crippen LogP contribution in [0.25, 0.3) is 0 Å². The molecule has 0 saturated carbocycles. The van der Waals surface area contributed by atoms with E-state index in [1.807, 2.05) is 32.0 Å². The largest absolute Gasteiger partial charge is 0.379 e. The van der Waals surface area contributed by atoms with Crippen LogP contribution in [-0.2, 0) is 18.3 Å². The summed E-state index contributed by atoms with van der Waals surface area (Å²) in [6, 6.07) is 0. The maximum Gasteiger partial charge on any atom is 0.0593 e. The predicted octanol–water partition coefficient (Wildman–Crippen LogP) is 0.396. The number of hydrogen-bond acceptors (Lipinski definition) is 4. The number of aromatic nitrogens is 2. The van der Waals surface area contributed by atoms with E-state index < -0.39 is 0 Å². The Kier molecular flexibility index (Phi) is 6.18. The molecule has 0 aliphatic carbocycles. The fourth-order valence-corrected chi connectivity index (χ4v) is 1.43. The van der Waals surface area contributed by atoms with Crippen molar-refractivity contribution in [2.75, 3.05) is 40.4 Å². The first-order valence-electron chi connectivity index (χ1n) is 6.02. The minimum atomic E-state index is 0.757. The Morgan fingerprint density at radius 2 is 2.18 bits per heavy atom. The lowest BCUT2D eigenvalue weighted by molar-refractivity contribution is 0.119. The van der Waals surface area contributed by atoms with Crippen molar-refractivity contribution in [1.82, 2.24) is 20.0 Å². The Labute approximate surface area is 104 Å². The Hall–Kier alpha value is -0.910. The number of likely N-dealkylation sites (N-methyl/N-ethyl adjacent to an activating group) is 1. The quantitative estimate of drug-likeness (QED) is 0.668. The molecular weight excluding hydrogens is 216 g/mol. The molecule has 17 heavy (non-hydrogen) atoms. The van der Waals surface area contributed by atoms with E-state index >= 15 is 0 Å². The summed E-state index contributed by atoms with van der Waals surface area (Å²) >= 11 is 0. The van der Waals surface area contributed by atoms with Crippen LogP contribution in [0.15, 0.2) is 6.20 Å². The highest BCUT2D eigenvalue weighted by molar-refractivity contribution is 5.15. The third kappa shape index (κ3) is 5.30. The molecule has 0 unspecified atom stereocenters. The normalized spacial score (nSPS) is 11.4. The van der Waals surface area contributed by atoms with E-state index in [0.29, 0.717) is 0 Å². The van der Waals surface area contributed by atoms with Gasteiger partial charge < -0.3 is 15.0 Å². The van der Waals surface area contributed by atoms with Crippen molar-refractivity contribution in [2.24, 2.45) is 7.05 Å². The summed E-state index contributed by atoms with van der Waals surface area (Å²) in [6.07, 6.45) is 1.91. The molecule has 1 heterocycles. The van der Waals surface area contributed by atoms with Crippen LogP contribution in [0.3, 0.4) is 0 Å². The van der Waals surface area contributed by atoms with Crippen molar-refractivity contribution in [3.8, 4) is 0 Å². The minimum Gasteiger partial charge on any atom is -0.379 e. The van der Waals surface area contributed by atoms with E-state index in [9.17, 15) is 0 Å². The van der Waals surface area contributed by atoms with Gasteiger partial charge in [-0.05, 0) is 21.0 Å². The standard InChI is InChI=1S/C12H24N4O/c1-11-12(10-14-16(11)4)9-13-5-7-17-8-6-15(2)3/h10,13H,5-9H2,1-4H3. The van der Waals surface area contributed by atoms with E-state index in [4.69, 9.17) is 4.74 Å². The monoisotopic (exact) mass is 240 g/mol. The summed E-state index contributed by atoms with van der Waals surface area (Å²) < 4.78 is 7.39. The second-order valence-corrected chi connectivity index (χ2v) is 4.47. The number of nitrogens with one attached hydrogen (secondary N) is 1. The SMILES string of the molecule is Cc1c(CNCCOCCN(C)C)cnn1C. The molecule has 98 valence electrons. The van der Waals surface area contributed by atoms with Crippen molar-refractivity contribution in [3.05, 3.63) is 17.5 Å². The van der Waals surface area contributed by atoms with Gasteiger partial charge in [0.05, 0.1) is 19.4 Å². The zero-order valence-electron chi connectivity index (χ0n) is 11.4. The molecule has 5 heteroatoms. The first-order chi connectivity index (χ1) is 8.11.